The highest BCUT2D eigenvalue weighted by atomic mass is 16.5. The van der Waals surface area contributed by atoms with Gasteiger partial charge in [0.15, 0.2) is 0 Å². The normalized spacial score (nSPS) is 26.1. The SMILES string of the molecule is CCC1(OC)CCN(Cc2ccccc2)C1. The quantitative estimate of drug-likeness (QED) is 0.772. The van der Waals surface area contributed by atoms with Gasteiger partial charge in [-0.3, -0.25) is 4.90 Å². The number of benzene rings is 1. The average molecular weight is 219 g/mol. The Balaban J connectivity index is 1.95. The summed E-state index contributed by atoms with van der Waals surface area (Å²) >= 11 is 0. The molecule has 1 unspecified atom stereocenters. The fourth-order valence-corrected chi connectivity index (χ4v) is 2.50. The second-order valence-corrected chi connectivity index (χ2v) is 4.69. The van der Waals surface area contributed by atoms with Crippen molar-refractivity contribution in [3.63, 3.8) is 0 Å². The summed E-state index contributed by atoms with van der Waals surface area (Å²) in [5.41, 5.74) is 1.50. The van der Waals surface area contributed by atoms with Gasteiger partial charge in [-0.05, 0) is 18.4 Å². The Bertz CT molecular complexity index is 319. The second kappa shape index (κ2) is 4.98. The number of hydrogen-bond donors (Lipinski definition) is 0. The van der Waals surface area contributed by atoms with Crippen LogP contribution >= 0.6 is 0 Å². The lowest BCUT2D eigenvalue weighted by atomic mass is 10.00. The zero-order chi connectivity index (χ0) is 11.4. The molecule has 1 heterocycles. The molecular formula is C14H21NO. The van der Waals surface area contributed by atoms with E-state index in [1.165, 1.54) is 5.56 Å². The molecule has 88 valence electrons. The summed E-state index contributed by atoms with van der Waals surface area (Å²) in [6.07, 6.45) is 2.27. The minimum Gasteiger partial charge on any atom is -0.377 e. The van der Waals surface area contributed by atoms with E-state index in [4.69, 9.17) is 4.74 Å². The Morgan fingerprint density at radius 2 is 2.06 bits per heavy atom. The summed E-state index contributed by atoms with van der Waals surface area (Å²) < 4.78 is 5.67. The van der Waals surface area contributed by atoms with E-state index in [0.29, 0.717) is 0 Å². The zero-order valence-electron chi connectivity index (χ0n) is 10.3. The molecule has 0 N–H and O–H groups in total. The zero-order valence-corrected chi connectivity index (χ0v) is 10.3. The number of ether oxygens (including phenoxy) is 1. The third-order valence-electron chi connectivity index (χ3n) is 3.72. The van der Waals surface area contributed by atoms with Crippen LogP contribution in [0, 0.1) is 0 Å². The molecule has 2 nitrogen and oxygen atoms in total. The molecule has 1 aliphatic rings. The molecule has 0 aliphatic carbocycles. The smallest absolute Gasteiger partial charge is 0.0814 e. The van der Waals surface area contributed by atoms with Crippen LogP contribution in [0.25, 0.3) is 0 Å². The molecule has 0 bridgehead atoms. The third-order valence-corrected chi connectivity index (χ3v) is 3.72. The maximum absolute atomic E-state index is 5.67. The number of nitrogens with zero attached hydrogens (tertiary/aromatic N) is 1. The summed E-state index contributed by atoms with van der Waals surface area (Å²) in [6, 6.07) is 10.7. The molecule has 2 rings (SSSR count). The molecular weight excluding hydrogens is 198 g/mol. The minimum absolute atomic E-state index is 0.106. The molecule has 1 aromatic carbocycles. The number of methoxy groups -OCH3 is 1. The number of likely N-dealkylation sites (tertiary alicyclic amines) is 1. The highest BCUT2D eigenvalue weighted by Crippen LogP contribution is 2.28. The van der Waals surface area contributed by atoms with E-state index in [-0.39, 0.29) is 5.60 Å². The Kier molecular flexibility index (Phi) is 3.62. The van der Waals surface area contributed by atoms with Crippen molar-refractivity contribution in [2.75, 3.05) is 20.2 Å². The van der Waals surface area contributed by atoms with Crippen molar-refractivity contribution >= 4 is 0 Å². The maximum Gasteiger partial charge on any atom is 0.0814 e. The first-order chi connectivity index (χ1) is 7.78. The van der Waals surface area contributed by atoms with Crippen molar-refractivity contribution in [1.82, 2.24) is 4.90 Å². The van der Waals surface area contributed by atoms with Crippen molar-refractivity contribution < 1.29 is 4.74 Å². The molecule has 1 saturated heterocycles. The van der Waals surface area contributed by atoms with E-state index in [2.05, 4.69) is 42.2 Å². The number of rotatable bonds is 4. The molecule has 1 fully saturated rings. The van der Waals surface area contributed by atoms with E-state index in [9.17, 15) is 0 Å². The second-order valence-electron chi connectivity index (χ2n) is 4.69. The van der Waals surface area contributed by atoms with E-state index < -0.39 is 0 Å². The lowest BCUT2D eigenvalue weighted by Gasteiger charge is -2.26. The van der Waals surface area contributed by atoms with Gasteiger partial charge in [0.2, 0.25) is 0 Å². The maximum atomic E-state index is 5.67. The predicted molar refractivity (Wildman–Crippen MR) is 66.4 cm³/mol. The highest BCUT2D eigenvalue weighted by molar-refractivity contribution is 5.14. The summed E-state index contributed by atoms with van der Waals surface area (Å²) in [5, 5.41) is 0. The van der Waals surface area contributed by atoms with E-state index in [1.807, 2.05) is 7.11 Å². The molecule has 16 heavy (non-hydrogen) atoms. The van der Waals surface area contributed by atoms with Gasteiger partial charge in [-0.2, -0.15) is 0 Å². The van der Waals surface area contributed by atoms with Gasteiger partial charge >= 0.3 is 0 Å². The van der Waals surface area contributed by atoms with E-state index in [1.54, 1.807) is 0 Å². The standard InChI is InChI=1S/C14H21NO/c1-3-14(16-2)9-10-15(12-14)11-13-7-5-4-6-8-13/h4-8H,3,9-12H2,1-2H3. The van der Waals surface area contributed by atoms with Gasteiger partial charge in [0.25, 0.3) is 0 Å². The van der Waals surface area contributed by atoms with Crippen molar-refractivity contribution in [3.8, 4) is 0 Å². The van der Waals surface area contributed by atoms with Crippen LogP contribution in [-0.4, -0.2) is 30.7 Å². The largest absolute Gasteiger partial charge is 0.377 e. The highest BCUT2D eigenvalue weighted by Gasteiger charge is 2.36. The van der Waals surface area contributed by atoms with Crippen molar-refractivity contribution in [3.05, 3.63) is 35.9 Å². The van der Waals surface area contributed by atoms with Gasteiger partial charge in [0.05, 0.1) is 5.60 Å². The van der Waals surface area contributed by atoms with Gasteiger partial charge in [-0.1, -0.05) is 37.3 Å². The summed E-state index contributed by atoms with van der Waals surface area (Å²) in [4.78, 5) is 2.49. The molecule has 0 spiro atoms. The van der Waals surface area contributed by atoms with Crippen LogP contribution in [0.1, 0.15) is 25.3 Å². The topological polar surface area (TPSA) is 12.5 Å². The summed E-state index contributed by atoms with van der Waals surface area (Å²) in [7, 11) is 1.84. The predicted octanol–water partition coefficient (Wildman–Crippen LogP) is 2.69. The molecule has 2 heteroatoms. The van der Waals surface area contributed by atoms with Gasteiger partial charge in [0.1, 0.15) is 0 Å². The molecule has 0 aromatic heterocycles. The fourth-order valence-electron chi connectivity index (χ4n) is 2.50. The van der Waals surface area contributed by atoms with Crippen LogP contribution in [-0.2, 0) is 11.3 Å². The fraction of sp³-hybridized carbons (Fsp3) is 0.571. The first-order valence-corrected chi connectivity index (χ1v) is 6.09. The monoisotopic (exact) mass is 219 g/mol. The Hall–Kier alpha value is -0.860. The van der Waals surface area contributed by atoms with E-state index >= 15 is 0 Å². The first kappa shape index (κ1) is 11.6. The Morgan fingerprint density at radius 3 is 2.62 bits per heavy atom. The van der Waals surface area contributed by atoms with Crippen LogP contribution in [0.3, 0.4) is 0 Å². The average Bonchev–Trinajstić information content (AvgIpc) is 2.75. The lowest BCUT2D eigenvalue weighted by Crippen LogP contribution is -2.34. The van der Waals surface area contributed by atoms with Crippen molar-refractivity contribution in [1.29, 1.82) is 0 Å². The Morgan fingerprint density at radius 1 is 1.31 bits per heavy atom. The molecule has 0 saturated carbocycles. The summed E-state index contributed by atoms with van der Waals surface area (Å²) in [5.74, 6) is 0. The van der Waals surface area contributed by atoms with Crippen LogP contribution in [0.2, 0.25) is 0 Å². The van der Waals surface area contributed by atoms with Crippen LogP contribution in [0.15, 0.2) is 30.3 Å². The van der Waals surface area contributed by atoms with E-state index in [0.717, 1.165) is 32.5 Å². The third kappa shape index (κ3) is 2.45. The lowest BCUT2D eigenvalue weighted by molar-refractivity contribution is -0.00503. The molecule has 1 aromatic rings. The van der Waals surface area contributed by atoms with Gasteiger partial charge in [-0.15, -0.1) is 0 Å². The molecule has 0 radical (unpaired) electrons. The minimum atomic E-state index is 0.106. The Labute approximate surface area is 98.2 Å². The van der Waals surface area contributed by atoms with Crippen LogP contribution < -0.4 is 0 Å². The molecule has 1 aliphatic heterocycles. The van der Waals surface area contributed by atoms with Crippen molar-refractivity contribution in [2.45, 2.75) is 31.9 Å². The molecule has 0 amide bonds. The summed E-state index contributed by atoms with van der Waals surface area (Å²) in [6.45, 7) is 5.48. The van der Waals surface area contributed by atoms with Crippen LogP contribution in [0.4, 0.5) is 0 Å². The van der Waals surface area contributed by atoms with Crippen molar-refractivity contribution in [2.24, 2.45) is 0 Å². The number of hydrogen-bond acceptors (Lipinski definition) is 2. The first-order valence-electron chi connectivity index (χ1n) is 6.09. The van der Waals surface area contributed by atoms with Gasteiger partial charge in [0, 0.05) is 26.7 Å². The van der Waals surface area contributed by atoms with Gasteiger partial charge < -0.3 is 4.74 Å². The van der Waals surface area contributed by atoms with Gasteiger partial charge in [-0.25, -0.2) is 0 Å². The molecule has 1 atom stereocenters. The van der Waals surface area contributed by atoms with Crippen LogP contribution in [0.5, 0.6) is 0 Å².